The van der Waals surface area contributed by atoms with Gasteiger partial charge in [-0.2, -0.15) is 5.10 Å². The van der Waals surface area contributed by atoms with Gasteiger partial charge in [0.05, 0.1) is 29.0 Å². The SMILES string of the molecule is Cc1occc1-c1nnc(SCC(=O)Nc2cc(C3CC3)nn2-c2ccccc2)n1C. The predicted octanol–water partition coefficient (Wildman–Crippen LogP) is 4.18. The van der Waals surface area contributed by atoms with Crippen LogP contribution in [0.1, 0.15) is 30.2 Å². The molecule has 0 bridgehead atoms. The Labute approximate surface area is 183 Å². The van der Waals surface area contributed by atoms with Crippen LogP contribution >= 0.6 is 11.8 Å². The average Bonchev–Trinajstić information content (AvgIpc) is 3.26. The zero-order chi connectivity index (χ0) is 21.4. The van der Waals surface area contributed by atoms with Gasteiger partial charge in [0, 0.05) is 19.0 Å². The van der Waals surface area contributed by atoms with Gasteiger partial charge in [0.1, 0.15) is 11.6 Å². The van der Waals surface area contributed by atoms with Crippen molar-refractivity contribution < 1.29 is 9.21 Å². The number of hydrogen-bond donors (Lipinski definition) is 1. The number of para-hydroxylation sites is 1. The van der Waals surface area contributed by atoms with Crippen LogP contribution in [0, 0.1) is 6.92 Å². The highest BCUT2D eigenvalue weighted by Gasteiger charge is 2.28. The van der Waals surface area contributed by atoms with Crippen LogP contribution in [-0.4, -0.2) is 36.2 Å². The molecule has 1 aromatic carbocycles. The van der Waals surface area contributed by atoms with Crippen LogP contribution in [0.15, 0.2) is 58.3 Å². The van der Waals surface area contributed by atoms with E-state index in [0.717, 1.165) is 35.5 Å². The lowest BCUT2D eigenvalue weighted by atomic mass is 10.2. The number of hydrogen-bond acceptors (Lipinski definition) is 6. The molecule has 0 radical (unpaired) electrons. The number of nitrogens with one attached hydrogen (secondary N) is 1. The van der Waals surface area contributed by atoms with E-state index >= 15 is 0 Å². The second kappa shape index (κ2) is 8.07. The van der Waals surface area contributed by atoms with E-state index in [1.165, 1.54) is 11.8 Å². The van der Waals surface area contributed by atoms with Gasteiger partial charge < -0.3 is 14.3 Å². The van der Waals surface area contributed by atoms with E-state index < -0.39 is 0 Å². The lowest BCUT2D eigenvalue weighted by molar-refractivity contribution is -0.113. The smallest absolute Gasteiger partial charge is 0.236 e. The number of nitrogens with zero attached hydrogens (tertiary/aromatic N) is 5. The maximum atomic E-state index is 12.7. The Kier molecular flexibility index (Phi) is 5.11. The van der Waals surface area contributed by atoms with Crippen molar-refractivity contribution in [3.05, 3.63) is 60.2 Å². The fraction of sp³-hybridized carbons (Fsp3) is 0.273. The summed E-state index contributed by atoms with van der Waals surface area (Å²) in [6.07, 6.45) is 3.94. The summed E-state index contributed by atoms with van der Waals surface area (Å²) in [5, 5.41) is 16.9. The predicted molar refractivity (Wildman–Crippen MR) is 118 cm³/mol. The Morgan fingerprint density at radius 3 is 2.74 bits per heavy atom. The van der Waals surface area contributed by atoms with Crippen LogP contribution in [0.3, 0.4) is 0 Å². The third-order valence-corrected chi connectivity index (χ3v) is 6.28. The van der Waals surface area contributed by atoms with Crippen LogP contribution < -0.4 is 5.32 Å². The zero-order valence-corrected chi connectivity index (χ0v) is 18.1. The van der Waals surface area contributed by atoms with Crippen LogP contribution in [0.5, 0.6) is 0 Å². The first-order valence-corrected chi connectivity index (χ1v) is 11.1. The average molecular weight is 435 g/mol. The largest absolute Gasteiger partial charge is 0.469 e. The highest BCUT2D eigenvalue weighted by molar-refractivity contribution is 7.99. The number of anilines is 1. The van der Waals surface area contributed by atoms with Crippen molar-refractivity contribution in [3.8, 4) is 17.1 Å². The van der Waals surface area contributed by atoms with Gasteiger partial charge in [-0.3, -0.25) is 4.79 Å². The molecule has 0 aliphatic heterocycles. The van der Waals surface area contributed by atoms with Gasteiger partial charge in [-0.15, -0.1) is 10.2 Å². The fourth-order valence-electron chi connectivity index (χ4n) is 3.43. The first-order chi connectivity index (χ1) is 15.1. The molecule has 0 atom stereocenters. The first-order valence-electron chi connectivity index (χ1n) is 10.1. The number of benzene rings is 1. The van der Waals surface area contributed by atoms with E-state index in [-0.39, 0.29) is 11.7 Å². The lowest BCUT2D eigenvalue weighted by Gasteiger charge is -2.08. The van der Waals surface area contributed by atoms with Gasteiger partial charge in [0.25, 0.3) is 0 Å². The minimum Gasteiger partial charge on any atom is -0.469 e. The molecule has 1 saturated carbocycles. The van der Waals surface area contributed by atoms with E-state index in [2.05, 4.69) is 15.5 Å². The molecule has 1 aliphatic rings. The van der Waals surface area contributed by atoms with Gasteiger partial charge in [0.2, 0.25) is 5.91 Å². The van der Waals surface area contributed by atoms with E-state index in [0.29, 0.717) is 22.7 Å². The Morgan fingerprint density at radius 2 is 2.03 bits per heavy atom. The molecule has 158 valence electrons. The molecule has 0 spiro atoms. The summed E-state index contributed by atoms with van der Waals surface area (Å²) in [6.45, 7) is 1.88. The Bertz CT molecular complexity index is 1220. The summed E-state index contributed by atoms with van der Waals surface area (Å²) in [5.74, 6) is 2.78. The molecular formula is C22H22N6O2S. The van der Waals surface area contributed by atoms with Gasteiger partial charge in [-0.1, -0.05) is 30.0 Å². The molecule has 1 N–H and O–H groups in total. The molecular weight excluding hydrogens is 412 g/mol. The number of aromatic nitrogens is 5. The molecule has 5 rings (SSSR count). The summed E-state index contributed by atoms with van der Waals surface area (Å²) in [4.78, 5) is 12.7. The molecule has 0 unspecified atom stereocenters. The van der Waals surface area contributed by atoms with Gasteiger partial charge in [-0.05, 0) is 38.0 Å². The molecule has 8 nitrogen and oxygen atoms in total. The normalized spacial score (nSPS) is 13.5. The van der Waals surface area contributed by atoms with Gasteiger partial charge in [0.15, 0.2) is 11.0 Å². The van der Waals surface area contributed by atoms with Crippen molar-refractivity contribution in [3.63, 3.8) is 0 Å². The third kappa shape index (κ3) is 4.00. The molecule has 1 fully saturated rings. The third-order valence-electron chi connectivity index (χ3n) is 5.26. The monoisotopic (exact) mass is 434 g/mol. The summed E-state index contributed by atoms with van der Waals surface area (Å²) in [6, 6.07) is 13.7. The zero-order valence-electron chi connectivity index (χ0n) is 17.3. The minimum atomic E-state index is -0.117. The molecule has 1 aliphatic carbocycles. The van der Waals surface area contributed by atoms with Gasteiger partial charge >= 0.3 is 0 Å². The minimum absolute atomic E-state index is 0.117. The number of furan rings is 1. The molecule has 0 saturated heterocycles. The van der Waals surface area contributed by atoms with Crippen molar-refractivity contribution in [1.29, 1.82) is 0 Å². The maximum Gasteiger partial charge on any atom is 0.236 e. The standard InChI is InChI=1S/C22H22N6O2S/c1-14-17(10-11-30-14)21-24-25-22(27(21)2)31-13-20(29)23-19-12-18(15-8-9-15)26-28(19)16-6-4-3-5-7-16/h3-7,10-12,15H,8-9,13H2,1-2H3,(H,23,29). The Morgan fingerprint density at radius 1 is 1.23 bits per heavy atom. The molecule has 4 aromatic rings. The van der Waals surface area contributed by atoms with Crippen LogP contribution in [0.25, 0.3) is 17.1 Å². The van der Waals surface area contributed by atoms with Crippen LogP contribution in [0.4, 0.5) is 5.82 Å². The molecule has 9 heteroatoms. The highest BCUT2D eigenvalue weighted by Crippen LogP contribution is 2.40. The summed E-state index contributed by atoms with van der Waals surface area (Å²) in [7, 11) is 1.88. The quantitative estimate of drug-likeness (QED) is 0.439. The lowest BCUT2D eigenvalue weighted by Crippen LogP contribution is -2.17. The molecule has 1 amide bonds. The highest BCUT2D eigenvalue weighted by atomic mass is 32.2. The van der Waals surface area contributed by atoms with Crippen molar-refractivity contribution in [2.24, 2.45) is 7.05 Å². The first kappa shape index (κ1) is 19.6. The summed E-state index contributed by atoms with van der Waals surface area (Å²) in [5.41, 5.74) is 2.84. The topological polar surface area (TPSA) is 90.8 Å². The number of amides is 1. The van der Waals surface area contributed by atoms with Crippen LogP contribution in [-0.2, 0) is 11.8 Å². The van der Waals surface area contributed by atoms with E-state index in [4.69, 9.17) is 9.52 Å². The van der Waals surface area contributed by atoms with E-state index in [1.807, 2.05) is 61.0 Å². The second-order valence-electron chi connectivity index (χ2n) is 7.57. The van der Waals surface area contributed by atoms with Gasteiger partial charge in [-0.25, -0.2) is 4.68 Å². The van der Waals surface area contributed by atoms with Crippen molar-refractivity contribution in [1.82, 2.24) is 24.5 Å². The van der Waals surface area contributed by atoms with Crippen molar-refractivity contribution in [2.45, 2.75) is 30.8 Å². The number of thioether (sulfide) groups is 1. The summed E-state index contributed by atoms with van der Waals surface area (Å²) >= 11 is 1.34. The van der Waals surface area contributed by atoms with Crippen molar-refractivity contribution >= 4 is 23.5 Å². The molecule has 31 heavy (non-hydrogen) atoms. The number of aryl methyl sites for hydroxylation is 1. The van der Waals surface area contributed by atoms with E-state index in [9.17, 15) is 4.79 Å². The van der Waals surface area contributed by atoms with Crippen LogP contribution in [0.2, 0.25) is 0 Å². The maximum absolute atomic E-state index is 12.7. The molecule has 3 aromatic heterocycles. The number of carbonyl (C=O) groups excluding carboxylic acids is 1. The Hall–Kier alpha value is -3.33. The summed E-state index contributed by atoms with van der Waals surface area (Å²) < 4.78 is 9.03. The Balaban J connectivity index is 1.30. The second-order valence-corrected chi connectivity index (χ2v) is 8.51. The van der Waals surface area contributed by atoms with E-state index in [1.54, 1.807) is 10.9 Å². The number of rotatable bonds is 7. The molecule has 3 heterocycles. The number of carbonyl (C=O) groups is 1. The van der Waals surface area contributed by atoms with Crippen molar-refractivity contribution in [2.75, 3.05) is 11.1 Å². The fourth-order valence-corrected chi connectivity index (χ4v) is 4.15.